The predicted molar refractivity (Wildman–Crippen MR) is 104 cm³/mol. The molecule has 0 saturated heterocycles. The molecule has 5 nitrogen and oxygen atoms in total. The Morgan fingerprint density at radius 3 is 2.80 bits per heavy atom. The van der Waals surface area contributed by atoms with Gasteiger partial charge in [-0.3, -0.25) is 14.5 Å². The van der Waals surface area contributed by atoms with Crippen molar-refractivity contribution in [3.63, 3.8) is 0 Å². The first kappa shape index (κ1) is 16.7. The van der Waals surface area contributed by atoms with Crippen LogP contribution in [0.3, 0.4) is 0 Å². The van der Waals surface area contributed by atoms with Crippen molar-refractivity contribution in [2.45, 2.75) is 25.4 Å². The number of carbonyl (C=O) groups excluding carboxylic acids is 1. The van der Waals surface area contributed by atoms with Gasteiger partial charge in [-0.05, 0) is 54.9 Å². The Hall–Kier alpha value is -1.77. The van der Waals surface area contributed by atoms with Crippen LogP contribution in [-0.4, -0.2) is 20.7 Å². The molecule has 0 spiro atoms. The largest absolute Gasteiger partial charge is 0.344 e. The number of nitrogens with one attached hydrogen (secondary N) is 2. The second-order valence-electron chi connectivity index (χ2n) is 5.90. The van der Waals surface area contributed by atoms with Gasteiger partial charge in [0.25, 0.3) is 5.91 Å². The minimum atomic E-state index is -0.0929. The number of rotatable bonds is 5. The summed E-state index contributed by atoms with van der Waals surface area (Å²) < 4.78 is 3.67. The van der Waals surface area contributed by atoms with E-state index in [9.17, 15) is 4.79 Å². The number of nitrogens with zero attached hydrogens (tertiary/aromatic N) is 2. The van der Waals surface area contributed by atoms with Crippen LogP contribution < -0.4 is 5.32 Å². The van der Waals surface area contributed by atoms with Gasteiger partial charge in [0.1, 0.15) is 0 Å². The van der Waals surface area contributed by atoms with Crippen LogP contribution in [0.4, 0.5) is 0 Å². The van der Waals surface area contributed by atoms with E-state index in [1.807, 2.05) is 41.0 Å². The Morgan fingerprint density at radius 2 is 2.08 bits per heavy atom. The van der Waals surface area contributed by atoms with Crippen molar-refractivity contribution >= 4 is 45.4 Å². The van der Waals surface area contributed by atoms with Crippen molar-refractivity contribution in [1.82, 2.24) is 20.1 Å². The van der Waals surface area contributed by atoms with Crippen molar-refractivity contribution in [1.29, 1.82) is 0 Å². The van der Waals surface area contributed by atoms with Crippen LogP contribution in [0.2, 0.25) is 0 Å². The summed E-state index contributed by atoms with van der Waals surface area (Å²) in [5.74, 6) is 0.690. The van der Waals surface area contributed by atoms with E-state index >= 15 is 0 Å². The molecular weight excluding hydrogens is 420 g/mol. The van der Waals surface area contributed by atoms with Crippen LogP contribution in [0.1, 0.15) is 34.4 Å². The molecule has 1 saturated carbocycles. The summed E-state index contributed by atoms with van der Waals surface area (Å²) in [4.78, 5) is 14.2. The van der Waals surface area contributed by atoms with Gasteiger partial charge in [0, 0.05) is 15.4 Å². The molecule has 25 heavy (non-hydrogen) atoms. The van der Waals surface area contributed by atoms with Gasteiger partial charge in [0.2, 0.25) is 0 Å². The normalized spacial score (nSPS) is 13.8. The molecule has 1 amide bonds. The third-order valence-electron chi connectivity index (χ3n) is 4.06. The van der Waals surface area contributed by atoms with E-state index in [0.717, 1.165) is 33.6 Å². The Balaban J connectivity index is 1.45. The van der Waals surface area contributed by atoms with Gasteiger partial charge in [-0.1, -0.05) is 28.1 Å². The molecule has 2 N–H and O–H groups in total. The maximum atomic E-state index is 12.4. The average Bonchev–Trinajstić information content (AvgIpc) is 3.19. The first-order valence-electron chi connectivity index (χ1n) is 7.91. The first-order chi connectivity index (χ1) is 12.1. The van der Waals surface area contributed by atoms with Crippen LogP contribution >= 0.6 is 39.5 Å². The van der Waals surface area contributed by atoms with Crippen molar-refractivity contribution in [2.75, 3.05) is 0 Å². The number of thiophene rings is 1. The van der Waals surface area contributed by atoms with Crippen LogP contribution in [-0.2, 0) is 6.54 Å². The molecule has 1 aliphatic carbocycles. The van der Waals surface area contributed by atoms with E-state index in [-0.39, 0.29) is 5.91 Å². The smallest absolute Gasteiger partial charge is 0.261 e. The summed E-state index contributed by atoms with van der Waals surface area (Å²) >= 11 is 10.2. The van der Waals surface area contributed by atoms with Gasteiger partial charge in [-0.2, -0.15) is 5.10 Å². The van der Waals surface area contributed by atoms with Gasteiger partial charge in [0.05, 0.1) is 11.4 Å². The summed E-state index contributed by atoms with van der Waals surface area (Å²) in [7, 11) is 0. The molecule has 3 aromatic rings. The minimum absolute atomic E-state index is 0.0929. The third kappa shape index (κ3) is 3.61. The predicted octanol–water partition coefficient (Wildman–Crippen LogP) is 4.70. The SMILES string of the molecule is O=C(NCc1n[nH]c(=S)n1C1CC1)c1ccc(-c2ccc(Br)cc2)s1. The van der Waals surface area contributed by atoms with Gasteiger partial charge in [-0.25, -0.2) is 0 Å². The molecule has 128 valence electrons. The number of hydrogen-bond donors (Lipinski definition) is 2. The number of halogens is 1. The fraction of sp³-hybridized carbons (Fsp3) is 0.235. The number of aromatic nitrogens is 3. The second-order valence-corrected chi connectivity index (χ2v) is 8.29. The van der Waals surface area contributed by atoms with E-state index in [1.165, 1.54) is 11.3 Å². The molecule has 8 heteroatoms. The highest BCUT2D eigenvalue weighted by molar-refractivity contribution is 9.10. The Bertz CT molecular complexity index is 969. The molecule has 1 aliphatic rings. The number of aromatic amines is 1. The lowest BCUT2D eigenvalue weighted by Gasteiger charge is -2.06. The maximum Gasteiger partial charge on any atom is 0.261 e. The lowest BCUT2D eigenvalue weighted by atomic mass is 10.2. The zero-order valence-electron chi connectivity index (χ0n) is 13.2. The standard InChI is InChI=1S/C17H15BrN4OS2/c18-11-3-1-10(2-4-11)13-7-8-14(25-13)16(23)19-9-15-20-21-17(24)22(15)12-5-6-12/h1-4,7-8,12H,5-6,9H2,(H,19,23)(H,21,24). The Kier molecular flexibility index (Phi) is 4.58. The highest BCUT2D eigenvalue weighted by atomic mass is 79.9. The number of H-pyrrole nitrogens is 1. The lowest BCUT2D eigenvalue weighted by molar-refractivity contribution is 0.0953. The van der Waals surface area contributed by atoms with Crippen molar-refractivity contribution in [3.05, 3.63) is 56.3 Å². The Labute approximate surface area is 162 Å². The van der Waals surface area contributed by atoms with Crippen molar-refractivity contribution < 1.29 is 4.79 Å². The first-order valence-corrected chi connectivity index (χ1v) is 9.93. The molecule has 4 rings (SSSR count). The zero-order chi connectivity index (χ0) is 17.4. The summed E-state index contributed by atoms with van der Waals surface area (Å²) in [6.45, 7) is 0.369. The zero-order valence-corrected chi connectivity index (χ0v) is 16.4. The summed E-state index contributed by atoms with van der Waals surface area (Å²) in [6, 6.07) is 12.3. The molecule has 2 aromatic heterocycles. The van der Waals surface area contributed by atoms with E-state index in [2.05, 4.69) is 31.4 Å². The summed E-state index contributed by atoms with van der Waals surface area (Å²) in [6.07, 6.45) is 2.24. The lowest BCUT2D eigenvalue weighted by Crippen LogP contribution is -2.23. The Morgan fingerprint density at radius 1 is 1.32 bits per heavy atom. The molecule has 0 radical (unpaired) electrons. The second kappa shape index (κ2) is 6.86. The summed E-state index contributed by atoms with van der Waals surface area (Å²) in [5, 5.41) is 9.99. The van der Waals surface area contributed by atoms with Gasteiger partial charge in [-0.15, -0.1) is 11.3 Å². The van der Waals surface area contributed by atoms with Crippen LogP contribution in [0.15, 0.2) is 40.9 Å². The van der Waals surface area contributed by atoms with E-state index in [0.29, 0.717) is 22.2 Å². The molecule has 2 heterocycles. The highest BCUT2D eigenvalue weighted by Gasteiger charge is 2.27. The van der Waals surface area contributed by atoms with Crippen LogP contribution in [0, 0.1) is 4.77 Å². The van der Waals surface area contributed by atoms with Gasteiger partial charge < -0.3 is 5.32 Å². The molecule has 0 unspecified atom stereocenters. The molecule has 1 aromatic carbocycles. The molecule has 0 bridgehead atoms. The third-order valence-corrected chi connectivity index (χ3v) is 6.00. The van der Waals surface area contributed by atoms with E-state index < -0.39 is 0 Å². The topological polar surface area (TPSA) is 62.7 Å². The number of hydrogen-bond acceptors (Lipinski definition) is 4. The van der Waals surface area contributed by atoms with E-state index in [4.69, 9.17) is 12.2 Å². The van der Waals surface area contributed by atoms with Crippen molar-refractivity contribution in [3.8, 4) is 10.4 Å². The fourth-order valence-electron chi connectivity index (χ4n) is 2.65. The summed E-state index contributed by atoms with van der Waals surface area (Å²) in [5.41, 5.74) is 1.10. The minimum Gasteiger partial charge on any atom is -0.344 e. The fourth-order valence-corrected chi connectivity index (χ4v) is 4.14. The maximum absolute atomic E-state index is 12.4. The van der Waals surface area contributed by atoms with Gasteiger partial charge >= 0.3 is 0 Å². The number of carbonyl (C=O) groups is 1. The van der Waals surface area contributed by atoms with Crippen LogP contribution in [0.5, 0.6) is 0 Å². The highest BCUT2D eigenvalue weighted by Crippen LogP contribution is 2.35. The molecule has 0 aliphatic heterocycles. The average molecular weight is 435 g/mol. The van der Waals surface area contributed by atoms with E-state index in [1.54, 1.807) is 0 Å². The quantitative estimate of drug-likeness (QED) is 0.572. The number of benzene rings is 1. The molecule has 1 fully saturated rings. The van der Waals surface area contributed by atoms with Gasteiger partial charge in [0.15, 0.2) is 10.6 Å². The molecule has 0 atom stereocenters. The van der Waals surface area contributed by atoms with Crippen molar-refractivity contribution in [2.24, 2.45) is 0 Å². The van der Waals surface area contributed by atoms with Crippen LogP contribution in [0.25, 0.3) is 10.4 Å². The monoisotopic (exact) mass is 434 g/mol. The number of amides is 1. The molecular formula is C17H15BrN4OS2.